The number of nitrogens with one attached hydrogen (secondary N) is 2. The van der Waals surface area contributed by atoms with Gasteiger partial charge in [0.25, 0.3) is 0 Å². The Balaban J connectivity index is 1.74. The Labute approximate surface area is 175 Å². The quantitative estimate of drug-likeness (QED) is 0.692. The van der Waals surface area contributed by atoms with E-state index in [1.807, 2.05) is 6.92 Å². The van der Waals surface area contributed by atoms with E-state index in [4.69, 9.17) is 16.3 Å². The molecule has 7 nitrogen and oxygen atoms in total. The first kappa shape index (κ1) is 21.3. The van der Waals surface area contributed by atoms with Gasteiger partial charge in [0.15, 0.2) is 5.82 Å². The largest absolute Gasteiger partial charge is 0.379 e. The zero-order valence-electron chi connectivity index (χ0n) is 16.7. The average molecular weight is 421 g/mol. The summed E-state index contributed by atoms with van der Waals surface area (Å²) in [4.78, 5) is 6.76. The molecule has 1 saturated heterocycles. The van der Waals surface area contributed by atoms with Crippen molar-refractivity contribution in [2.45, 2.75) is 19.9 Å². The molecule has 2 heterocycles. The molecular weight excluding hydrogens is 395 g/mol. The highest BCUT2D eigenvalue weighted by Crippen LogP contribution is 2.22. The molecule has 9 heteroatoms. The third-order valence-corrected chi connectivity index (χ3v) is 4.90. The first-order chi connectivity index (χ1) is 14.0. The van der Waals surface area contributed by atoms with Gasteiger partial charge in [0.1, 0.15) is 17.5 Å². The predicted octanol–water partition coefficient (Wildman–Crippen LogP) is 3.23. The topological polar surface area (TPSA) is 64.5 Å². The number of aliphatic imine (C=N–C) groups is 1. The second-order valence-corrected chi connectivity index (χ2v) is 7.19. The highest BCUT2D eigenvalue weighted by Gasteiger charge is 2.22. The highest BCUT2D eigenvalue weighted by molar-refractivity contribution is 6.31. The smallest absolute Gasteiger partial charge is 0.150 e. The van der Waals surface area contributed by atoms with Gasteiger partial charge in [0, 0.05) is 43.0 Å². The number of hydrogen-bond acceptors (Lipinski definition) is 7. The van der Waals surface area contributed by atoms with Gasteiger partial charge in [-0.05, 0) is 32.0 Å². The van der Waals surface area contributed by atoms with Crippen LogP contribution < -0.4 is 10.6 Å². The molecule has 1 aromatic rings. The number of hydrogen-bond donors (Lipinski definition) is 2. The van der Waals surface area contributed by atoms with Crippen molar-refractivity contribution in [1.82, 2.24) is 15.2 Å². The summed E-state index contributed by atoms with van der Waals surface area (Å²) in [6, 6.07) is 4.63. The number of morpholine rings is 1. The van der Waals surface area contributed by atoms with Gasteiger partial charge in [-0.25, -0.2) is 14.4 Å². The molecule has 2 aliphatic heterocycles. The Morgan fingerprint density at radius 1 is 1.41 bits per heavy atom. The lowest BCUT2D eigenvalue weighted by Crippen LogP contribution is -2.47. The van der Waals surface area contributed by atoms with Gasteiger partial charge in [0.2, 0.25) is 0 Å². The summed E-state index contributed by atoms with van der Waals surface area (Å²) in [6.45, 7) is 12.0. The van der Waals surface area contributed by atoms with E-state index in [0.717, 1.165) is 26.3 Å². The minimum Gasteiger partial charge on any atom is -0.379 e. The van der Waals surface area contributed by atoms with Gasteiger partial charge in [-0.2, -0.15) is 5.10 Å². The third kappa shape index (κ3) is 5.56. The molecule has 3 rings (SSSR count). The van der Waals surface area contributed by atoms with Crippen LogP contribution in [0.3, 0.4) is 0 Å². The van der Waals surface area contributed by atoms with Gasteiger partial charge in [-0.15, -0.1) is 0 Å². The standard InChI is InChI=1S/C20H26ClFN6O/c1-4-24-28-15(3)25-19(26-18-11-16(21)5-6-17(18)22)12-20(28)23-13-14(2)27-7-9-29-10-8-27/h4-6,11-12,14,23H,3,7-10,13H2,1-2H3,(H,25,26)/b24-4-. The van der Waals surface area contributed by atoms with E-state index in [0.29, 0.717) is 35.1 Å². The van der Waals surface area contributed by atoms with E-state index in [1.54, 1.807) is 17.3 Å². The number of hydrazone groups is 1. The van der Waals surface area contributed by atoms with Crippen molar-refractivity contribution in [3.05, 3.63) is 53.3 Å². The lowest BCUT2D eigenvalue weighted by atomic mass is 10.2. The fourth-order valence-electron chi connectivity index (χ4n) is 3.11. The van der Waals surface area contributed by atoms with Crippen LogP contribution in [0.1, 0.15) is 13.8 Å². The minimum atomic E-state index is -0.416. The van der Waals surface area contributed by atoms with E-state index in [1.165, 1.54) is 18.2 Å². The Morgan fingerprint density at radius 3 is 2.90 bits per heavy atom. The normalized spacial score (nSPS) is 19.2. The molecule has 0 saturated carbocycles. The van der Waals surface area contributed by atoms with Crippen molar-refractivity contribution in [3.63, 3.8) is 0 Å². The van der Waals surface area contributed by atoms with Crippen LogP contribution in [0.2, 0.25) is 5.02 Å². The monoisotopic (exact) mass is 420 g/mol. The van der Waals surface area contributed by atoms with Crippen molar-refractivity contribution >= 4 is 29.3 Å². The van der Waals surface area contributed by atoms with E-state index >= 15 is 0 Å². The average Bonchev–Trinajstić information content (AvgIpc) is 2.72. The summed E-state index contributed by atoms with van der Waals surface area (Å²) in [5, 5.41) is 12.8. The second kappa shape index (κ2) is 9.87. The zero-order valence-corrected chi connectivity index (χ0v) is 17.4. The zero-order chi connectivity index (χ0) is 20.8. The highest BCUT2D eigenvalue weighted by atomic mass is 35.5. The summed E-state index contributed by atoms with van der Waals surface area (Å²) in [5.41, 5.74) is 0.244. The van der Waals surface area contributed by atoms with Gasteiger partial charge in [-0.3, -0.25) is 4.90 Å². The number of nitrogens with zero attached hydrogens (tertiary/aromatic N) is 4. The Kier molecular flexibility index (Phi) is 7.24. The number of halogens is 2. The fourth-order valence-corrected chi connectivity index (χ4v) is 3.29. The van der Waals surface area contributed by atoms with Gasteiger partial charge in [0.05, 0.1) is 18.9 Å². The Morgan fingerprint density at radius 2 is 2.17 bits per heavy atom. The van der Waals surface area contributed by atoms with Crippen LogP contribution in [0.15, 0.2) is 52.6 Å². The van der Waals surface area contributed by atoms with E-state index in [9.17, 15) is 4.39 Å². The maximum Gasteiger partial charge on any atom is 0.150 e. The van der Waals surface area contributed by atoms with Crippen LogP contribution in [0.4, 0.5) is 10.1 Å². The molecule has 0 radical (unpaired) electrons. The summed E-state index contributed by atoms with van der Waals surface area (Å²) >= 11 is 5.98. The molecule has 0 amide bonds. The molecule has 1 aromatic carbocycles. The molecule has 1 fully saturated rings. The van der Waals surface area contributed by atoms with Crippen LogP contribution in [0.5, 0.6) is 0 Å². The van der Waals surface area contributed by atoms with Gasteiger partial charge in [-0.1, -0.05) is 18.2 Å². The minimum absolute atomic E-state index is 0.244. The van der Waals surface area contributed by atoms with Crippen molar-refractivity contribution in [2.75, 3.05) is 38.2 Å². The molecular formula is C20H26ClFN6O. The van der Waals surface area contributed by atoms with Crippen LogP contribution >= 0.6 is 11.6 Å². The molecule has 29 heavy (non-hydrogen) atoms. The lowest BCUT2D eigenvalue weighted by molar-refractivity contribution is 0.0205. The molecule has 1 atom stereocenters. The molecule has 1 unspecified atom stereocenters. The maximum absolute atomic E-state index is 14.1. The van der Waals surface area contributed by atoms with Crippen molar-refractivity contribution < 1.29 is 9.13 Å². The fraction of sp³-hybridized carbons (Fsp3) is 0.400. The third-order valence-electron chi connectivity index (χ3n) is 4.67. The molecule has 2 aliphatic rings. The summed E-state index contributed by atoms with van der Waals surface area (Å²) in [5.74, 6) is 1.14. The van der Waals surface area contributed by atoms with Gasteiger partial charge < -0.3 is 15.4 Å². The van der Waals surface area contributed by atoms with Crippen molar-refractivity contribution in [1.29, 1.82) is 0 Å². The molecule has 0 spiro atoms. The van der Waals surface area contributed by atoms with Crippen LogP contribution in [-0.2, 0) is 4.74 Å². The Bertz CT molecular complexity index is 834. The number of rotatable bonds is 6. The lowest BCUT2D eigenvalue weighted by Gasteiger charge is -2.34. The molecule has 0 aromatic heterocycles. The molecule has 0 bridgehead atoms. The second-order valence-electron chi connectivity index (χ2n) is 6.76. The van der Waals surface area contributed by atoms with Crippen LogP contribution in [0.25, 0.3) is 0 Å². The summed E-state index contributed by atoms with van der Waals surface area (Å²) in [7, 11) is 0. The summed E-state index contributed by atoms with van der Waals surface area (Å²) in [6.07, 6.45) is 3.44. The number of benzene rings is 1. The van der Waals surface area contributed by atoms with Crippen molar-refractivity contribution in [3.8, 4) is 0 Å². The molecule has 2 N–H and O–H groups in total. The van der Waals surface area contributed by atoms with E-state index in [2.05, 4.69) is 39.1 Å². The Hall–Kier alpha value is -2.42. The van der Waals surface area contributed by atoms with Crippen LogP contribution in [0, 0.1) is 5.82 Å². The summed E-state index contributed by atoms with van der Waals surface area (Å²) < 4.78 is 19.5. The number of anilines is 1. The maximum atomic E-state index is 14.1. The first-order valence-electron chi connectivity index (χ1n) is 9.53. The van der Waals surface area contributed by atoms with E-state index < -0.39 is 5.82 Å². The number of ether oxygens (including phenoxy) is 1. The number of amidine groups is 1. The van der Waals surface area contributed by atoms with Crippen LogP contribution in [-0.4, -0.2) is 60.8 Å². The SMILES string of the molecule is C=C1N=C(Nc2cc(Cl)ccc2F)C=C(NCC(C)N2CCOCC2)N1/N=C\C. The molecule has 0 aliphatic carbocycles. The van der Waals surface area contributed by atoms with E-state index in [-0.39, 0.29) is 5.69 Å². The molecule has 156 valence electrons. The van der Waals surface area contributed by atoms with Gasteiger partial charge >= 0.3 is 0 Å². The first-order valence-corrected chi connectivity index (χ1v) is 9.91. The predicted molar refractivity (Wildman–Crippen MR) is 116 cm³/mol. The van der Waals surface area contributed by atoms with Crippen molar-refractivity contribution in [2.24, 2.45) is 10.1 Å².